The maximum atomic E-state index is 10.8. The molecular weight excluding hydrogens is 180 g/mol. The zero-order valence-electron chi connectivity index (χ0n) is 8.70. The van der Waals surface area contributed by atoms with E-state index in [1.807, 2.05) is 7.05 Å². The maximum Gasteiger partial charge on any atom is 0.235 e. The van der Waals surface area contributed by atoms with Gasteiger partial charge >= 0.3 is 0 Å². The zero-order valence-corrected chi connectivity index (χ0v) is 8.70. The van der Waals surface area contributed by atoms with Crippen LogP contribution in [-0.2, 0) is 4.79 Å². The average Bonchev–Trinajstić information content (AvgIpc) is 2.19. The van der Waals surface area contributed by atoms with Gasteiger partial charge in [0.15, 0.2) is 0 Å². The Hall–Kier alpha value is -0.650. The molecule has 0 saturated carbocycles. The van der Waals surface area contributed by atoms with Crippen LogP contribution < -0.4 is 16.8 Å². The summed E-state index contributed by atoms with van der Waals surface area (Å²) in [4.78, 5) is 12.9. The summed E-state index contributed by atoms with van der Waals surface area (Å²) in [5, 5.41) is 3.30. The summed E-state index contributed by atoms with van der Waals surface area (Å²) < 4.78 is 0. The normalized spacial score (nSPS) is 21.1. The van der Waals surface area contributed by atoms with Crippen molar-refractivity contribution in [3.05, 3.63) is 0 Å². The van der Waals surface area contributed by atoms with Gasteiger partial charge in [0, 0.05) is 12.6 Å². The molecule has 0 bridgehead atoms. The van der Waals surface area contributed by atoms with Crippen molar-refractivity contribution in [1.29, 1.82) is 0 Å². The van der Waals surface area contributed by atoms with Gasteiger partial charge in [-0.2, -0.15) is 0 Å². The number of nitrogens with one attached hydrogen (secondary N) is 1. The summed E-state index contributed by atoms with van der Waals surface area (Å²) in [6.45, 7) is 2.64. The molecule has 0 aromatic rings. The van der Waals surface area contributed by atoms with E-state index >= 15 is 0 Å². The van der Waals surface area contributed by atoms with Crippen molar-refractivity contribution in [2.24, 2.45) is 11.5 Å². The quantitative estimate of drug-likeness (QED) is 0.515. The molecule has 0 aromatic carbocycles. The summed E-state index contributed by atoms with van der Waals surface area (Å²) >= 11 is 0. The predicted octanol–water partition coefficient (Wildman–Crippen LogP) is -1.52. The number of likely N-dealkylation sites (N-methyl/N-ethyl adjacent to an activating group) is 1. The molecular formula is C9H20N4O. The molecule has 1 fully saturated rings. The monoisotopic (exact) mass is 200 g/mol. The molecule has 1 heterocycles. The van der Waals surface area contributed by atoms with Crippen LogP contribution in [0.15, 0.2) is 0 Å². The number of carbonyl (C=O) groups is 1. The standard InChI is InChI=1S/C9H20N4O/c1-13(6-8(10)9(11)14)7-2-4-12-5-3-7/h7-8,12H,2-6,10H2,1H3,(H2,11,14). The highest BCUT2D eigenvalue weighted by molar-refractivity contribution is 5.79. The van der Waals surface area contributed by atoms with Gasteiger partial charge in [-0.1, -0.05) is 0 Å². The molecule has 5 heteroatoms. The van der Waals surface area contributed by atoms with Crippen LogP contribution in [0.5, 0.6) is 0 Å². The number of hydrogen-bond donors (Lipinski definition) is 3. The Morgan fingerprint density at radius 2 is 2.14 bits per heavy atom. The van der Waals surface area contributed by atoms with Crippen molar-refractivity contribution < 1.29 is 4.79 Å². The second-order valence-electron chi connectivity index (χ2n) is 3.93. The third-order valence-corrected chi connectivity index (χ3v) is 2.78. The van der Waals surface area contributed by atoms with Crippen molar-refractivity contribution in [3.63, 3.8) is 0 Å². The molecule has 1 amide bonds. The van der Waals surface area contributed by atoms with Crippen LogP contribution in [0.1, 0.15) is 12.8 Å². The van der Waals surface area contributed by atoms with Gasteiger partial charge in [-0.3, -0.25) is 4.79 Å². The summed E-state index contributed by atoms with van der Waals surface area (Å²) in [6.07, 6.45) is 2.23. The minimum atomic E-state index is -0.546. The van der Waals surface area contributed by atoms with E-state index in [1.54, 1.807) is 0 Å². The van der Waals surface area contributed by atoms with Gasteiger partial charge < -0.3 is 21.7 Å². The number of nitrogens with zero attached hydrogens (tertiary/aromatic N) is 1. The van der Waals surface area contributed by atoms with Gasteiger partial charge in [0.1, 0.15) is 0 Å². The highest BCUT2D eigenvalue weighted by Gasteiger charge is 2.20. The minimum absolute atomic E-state index is 0.425. The summed E-state index contributed by atoms with van der Waals surface area (Å²) in [7, 11) is 2.00. The first kappa shape index (κ1) is 11.4. The van der Waals surface area contributed by atoms with E-state index in [4.69, 9.17) is 11.5 Å². The summed E-state index contributed by atoms with van der Waals surface area (Å²) in [5.41, 5.74) is 10.7. The Kier molecular flexibility index (Phi) is 4.31. The second-order valence-corrected chi connectivity index (χ2v) is 3.93. The van der Waals surface area contributed by atoms with Crippen LogP contribution >= 0.6 is 0 Å². The molecule has 5 N–H and O–H groups in total. The largest absolute Gasteiger partial charge is 0.368 e. The van der Waals surface area contributed by atoms with E-state index in [9.17, 15) is 4.79 Å². The van der Waals surface area contributed by atoms with Crippen molar-refractivity contribution in [3.8, 4) is 0 Å². The maximum absolute atomic E-state index is 10.8. The van der Waals surface area contributed by atoms with Crippen molar-refractivity contribution >= 4 is 5.91 Å². The number of primary amides is 1. The Bertz CT molecular complexity index is 191. The lowest BCUT2D eigenvalue weighted by atomic mass is 10.0. The molecule has 1 aliphatic rings. The highest BCUT2D eigenvalue weighted by Crippen LogP contribution is 2.09. The molecule has 1 saturated heterocycles. The van der Waals surface area contributed by atoms with E-state index < -0.39 is 11.9 Å². The first-order valence-electron chi connectivity index (χ1n) is 5.07. The van der Waals surface area contributed by atoms with E-state index in [1.165, 1.54) is 0 Å². The van der Waals surface area contributed by atoms with Gasteiger partial charge in [-0.15, -0.1) is 0 Å². The third kappa shape index (κ3) is 3.25. The van der Waals surface area contributed by atoms with Crippen LogP contribution in [-0.4, -0.2) is 49.6 Å². The predicted molar refractivity (Wildman–Crippen MR) is 55.7 cm³/mol. The number of nitrogens with two attached hydrogens (primary N) is 2. The molecule has 82 valence electrons. The van der Waals surface area contributed by atoms with Gasteiger partial charge in [0.25, 0.3) is 0 Å². The third-order valence-electron chi connectivity index (χ3n) is 2.78. The van der Waals surface area contributed by atoms with E-state index in [2.05, 4.69) is 10.2 Å². The molecule has 1 rings (SSSR count). The highest BCUT2D eigenvalue weighted by atomic mass is 16.1. The Balaban J connectivity index is 2.32. The fraction of sp³-hybridized carbons (Fsp3) is 0.889. The molecule has 0 aliphatic carbocycles. The van der Waals surface area contributed by atoms with Gasteiger partial charge in [0.05, 0.1) is 6.04 Å². The van der Waals surface area contributed by atoms with Crippen LogP contribution in [0.4, 0.5) is 0 Å². The Morgan fingerprint density at radius 3 is 2.64 bits per heavy atom. The van der Waals surface area contributed by atoms with Crippen LogP contribution in [0, 0.1) is 0 Å². The number of piperidine rings is 1. The van der Waals surface area contributed by atoms with Crippen LogP contribution in [0.25, 0.3) is 0 Å². The molecule has 0 radical (unpaired) electrons. The summed E-state index contributed by atoms with van der Waals surface area (Å²) in [6, 6.07) is -0.0171. The smallest absolute Gasteiger partial charge is 0.235 e. The first-order chi connectivity index (χ1) is 6.61. The molecule has 1 unspecified atom stereocenters. The fourth-order valence-corrected chi connectivity index (χ4v) is 1.80. The minimum Gasteiger partial charge on any atom is -0.368 e. The lowest BCUT2D eigenvalue weighted by Crippen LogP contribution is -2.49. The van der Waals surface area contributed by atoms with Crippen molar-refractivity contribution in [2.75, 3.05) is 26.7 Å². The molecule has 0 spiro atoms. The van der Waals surface area contributed by atoms with Gasteiger partial charge in [0.2, 0.25) is 5.91 Å². The lowest BCUT2D eigenvalue weighted by molar-refractivity contribution is -0.119. The number of hydrogen-bond acceptors (Lipinski definition) is 4. The molecule has 0 aromatic heterocycles. The molecule has 1 atom stereocenters. The van der Waals surface area contributed by atoms with E-state index in [-0.39, 0.29) is 0 Å². The lowest BCUT2D eigenvalue weighted by Gasteiger charge is -2.32. The second kappa shape index (κ2) is 5.29. The molecule has 14 heavy (non-hydrogen) atoms. The number of amides is 1. The molecule has 5 nitrogen and oxygen atoms in total. The van der Waals surface area contributed by atoms with E-state index in [0.29, 0.717) is 12.6 Å². The average molecular weight is 200 g/mol. The van der Waals surface area contributed by atoms with E-state index in [0.717, 1.165) is 25.9 Å². The summed E-state index contributed by atoms with van der Waals surface area (Å²) in [5.74, 6) is -0.425. The van der Waals surface area contributed by atoms with Gasteiger partial charge in [-0.25, -0.2) is 0 Å². The topological polar surface area (TPSA) is 84.4 Å². The van der Waals surface area contributed by atoms with Crippen molar-refractivity contribution in [2.45, 2.75) is 24.9 Å². The number of rotatable bonds is 4. The first-order valence-corrected chi connectivity index (χ1v) is 5.07. The Labute approximate surface area is 84.8 Å². The Morgan fingerprint density at radius 1 is 1.57 bits per heavy atom. The van der Waals surface area contributed by atoms with Crippen LogP contribution in [0.3, 0.4) is 0 Å². The van der Waals surface area contributed by atoms with Crippen molar-refractivity contribution in [1.82, 2.24) is 10.2 Å². The van der Waals surface area contributed by atoms with Crippen LogP contribution in [0.2, 0.25) is 0 Å². The fourth-order valence-electron chi connectivity index (χ4n) is 1.80. The zero-order chi connectivity index (χ0) is 10.6. The van der Waals surface area contributed by atoms with Gasteiger partial charge in [-0.05, 0) is 33.0 Å². The SMILES string of the molecule is CN(CC(N)C(N)=O)C1CCNCC1. The number of carbonyl (C=O) groups excluding carboxylic acids is 1. The molecule has 1 aliphatic heterocycles.